The fourth-order valence-electron chi connectivity index (χ4n) is 3.71. The van der Waals surface area contributed by atoms with Crippen LogP contribution in [0.25, 0.3) is 0 Å². The van der Waals surface area contributed by atoms with Gasteiger partial charge in [-0.2, -0.15) is 0 Å². The maximum Gasteiger partial charge on any atom is 0.340 e. The summed E-state index contributed by atoms with van der Waals surface area (Å²) in [4.78, 5) is 25.5. The predicted octanol–water partition coefficient (Wildman–Crippen LogP) is 2.80. The molecule has 1 heterocycles. The van der Waals surface area contributed by atoms with E-state index >= 15 is 0 Å². The van der Waals surface area contributed by atoms with Gasteiger partial charge in [0.2, 0.25) is 5.88 Å². The molecule has 0 fully saturated rings. The minimum absolute atomic E-state index is 0.0305. The molecule has 1 atom stereocenters. The summed E-state index contributed by atoms with van der Waals surface area (Å²) in [6, 6.07) is 7.26. The molecule has 2 N–H and O–H groups in total. The molecule has 1 aromatic carbocycles. The maximum absolute atomic E-state index is 13.0. The highest BCUT2D eigenvalue weighted by Crippen LogP contribution is 2.49. The molecule has 1 aliphatic carbocycles. The van der Waals surface area contributed by atoms with E-state index in [9.17, 15) is 9.59 Å². The molecule has 2 aliphatic rings. The Bertz CT molecular complexity index is 834. The molecule has 6 nitrogen and oxygen atoms in total. The number of methoxy groups -OCH3 is 2. The monoisotopic (exact) mass is 357 g/mol. The van der Waals surface area contributed by atoms with Crippen molar-refractivity contribution in [1.29, 1.82) is 0 Å². The van der Waals surface area contributed by atoms with Crippen LogP contribution in [0.15, 0.2) is 47.1 Å². The fourth-order valence-corrected chi connectivity index (χ4v) is 3.71. The summed E-state index contributed by atoms with van der Waals surface area (Å²) in [5, 5.41) is 0. The van der Waals surface area contributed by atoms with E-state index in [2.05, 4.69) is 0 Å². The first-order valence-corrected chi connectivity index (χ1v) is 8.44. The van der Waals surface area contributed by atoms with E-state index in [0.29, 0.717) is 35.5 Å². The highest BCUT2D eigenvalue weighted by Gasteiger charge is 2.45. The molecule has 0 amide bonds. The van der Waals surface area contributed by atoms with Crippen molar-refractivity contribution in [2.75, 3.05) is 14.2 Å². The van der Waals surface area contributed by atoms with E-state index in [1.807, 2.05) is 32.0 Å². The number of ether oxygens (including phenoxy) is 3. The van der Waals surface area contributed by atoms with E-state index in [0.717, 1.165) is 0 Å². The van der Waals surface area contributed by atoms with Gasteiger partial charge in [-0.15, -0.1) is 0 Å². The van der Waals surface area contributed by atoms with E-state index in [4.69, 9.17) is 19.9 Å². The third-order valence-corrected chi connectivity index (χ3v) is 4.81. The Balaban J connectivity index is 2.25. The molecule has 6 heteroatoms. The molecule has 3 rings (SSSR count). The van der Waals surface area contributed by atoms with E-state index < -0.39 is 11.9 Å². The molecule has 138 valence electrons. The van der Waals surface area contributed by atoms with Gasteiger partial charge in [-0.05, 0) is 11.5 Å². The van der Waals surface area contributed by atoms with Crippen LogP contribution in [0.4, 0.5) is 0 Å². The number of para-hydroxylation sites is 1. The fraction of sp³-hybridized carbons (Fsp3) is 0.400. The smallest absolute Gasteiger partial charge is 0.340 e. The van der Waals surface area contributed by atoms with Gasteiger partial charge >= 0.3 is 5.97 Å². The highest BCUT2D eigenvalue weighted by molar-refractivity contribution is 6.03. The van der Waals surface area contributed by atoms with Crippen molar-refractivity contribution >= 4 is 11.8 Å². The van der Waals surface area contributed by atoms with E-state index in [-0.39, 0.29) is 22.7 Å². The largest absolute Gasteiger partial charge is 0.496 e. The van der Waals surface area contributed by atoms with Gasteiger partial charge in [0.1, 0.15) is 17.1 Å². The standard InChI is InChI=1S/C20H23NO5/c1-20(2)9-12(22)16-14(10-20)26-18(21)17(19(23)25-4)15(16)11-7-5-6-8-13(11)24-3/h5-8,15H,9-10,21H2,1-4H3/t15-/m0/s1. The summed E-state index contributed by atoms with van der Waals surface area (Å²) < 4.78 is 16.1. The zero-order valence-electron chi connectivity index (χ0n) is 15.4. The van der Waals surface area contributed by atoms with Crippen LogP contribution in [0.5, 0.6) is 5.75 Å². The van der Waals surface area contributed by atoms with Crippen LogP contribution in [0.3, 0.4) is 0 Å². The lowest BCUT2D eigenvalue weighted by atomic mass is 9.70. The van der Waals surface area contributed by atoms with Crippen molar-refractivity contribution in [3.63, 3.8) is 0 Å². The average molecular weight is 357 g/mol. The van der Waals surface area contributed by atoms with Crippen molar-refractivity contribution in [2.45, 2.75) is 32.6 Å². The quantitative estimate of drug-likeness (QED) is 0.837. The minimum atomic E-state index is -0.675. The van der Waals surface area contributed by atoms with Gasteiger partial charge in [-0.1, -0.05) is 32.0 Å². The summed E-state index contributed by atoms with van der Waals surface area (Å²) >= 11 is 0. The van der Waals surface area contributed by atoms with Crippen LogP contribution in [0.1, 0.15) is 38.2 Å². The number of hydrogen-bond acceptors (Lipinski definition) is 6. The molecule has 1 aliphatic heterocycles. The zero-order valence-corrected chi connectivity index (χ0v) is 15.4. The van der Waals surface area contributed by atoms with Crippen LogP contribution in [0, 0.1) is 5.41 Å². The first kappa shape index (κ1) is 18.0. The summed E-state index contributed by atoms with van der Waals surface area (Å²) in [5.74, 6) is -0.294. The molecule has 0 saturated carbocycles. The van der Waals surface area contributed by atoms with Crippen molar-refractivity contribution < 1.29 is 23.8 Å². The third-order valence-electron chi connectivity index (χ3n) is 4.81. The number of esters is 1. The van der Waals surface area contributed by atoms with Crippen LogP contribution in [-0.4, -0.2) is 26.0 Å². The van der Waals surface area contributed by atoms with Gasteiger partial charge in [0.25, 0.3) is 0 Å². The Kier molecular flexibility index (Phi) is 4.52. The van der Waals surface area contributed by atoms with E-state index in [1.165, 1.54) is 7.11 Å². The van der Waals surface area contributed by atoms with Gasteiger partial charge in [0, 0.05) is 24.0 Å². The van der Waals surface area contributed by atoms with Crippen LogP contribution < -0.4 is 10.5 Å². The molecule has 26 heavy (non-hydrogen) atoms. The van der Waals surface area contributed by atoms with Crippen LogP contribution in [0.2, 0.25) is 0 Å². The van der Waals surface area contributed by atoms with Gasteiger partial charge in [-0.3, -0.25) is 4.79 Å². The van der Waals surface area contributed by atoms with Crippen molar-refractivity contribution in [3.8, 4) is 5.75 Å². The Morgan fingerprint density at radius 2 is 1.92 bits per heavy atom. The maximum atomic E-state index is 13.0. The first-order valence-electron chi connectivity index (χ1n) is 8.44. The summed E-state index contributed by atoms with van der Waals surface area (Å²) in [6.07, 6.45) is 0.935. The number of benzene rings is 1. The Morgan fingerprint density at radius 3 is 2.58 bits per heavy atom. The van der Waals surface area contributed by atoms with Gasteiger partial charge < -0.3 is 19.9 Å². The van der Waals surface area contributed by atoms with Crippen LogP contribution in [-0.2, 0) is 19.1 Å². The van der Waals surface area contributed by atoms with Crippen molar-refractivity contribution in [2.24, 2.45) is 11.1 Å². The lowest BCUT2D eigenvalue weighted by Gasteiger charge is -2.38. The molecule has 0 unspecified atom stereocenters. The summed E-state index contributed by atoms with van der Waals surface area (Å²) in [7, 11) is 2.82. The van der Waals surface area contributed by atoms with Gasteiger partial charge in [-0.25, -0.2) is 4.79 Å². The second-order valence-electron chi connectivity index (χ2n) is 7.32. The second kappa shape index (κ2) is 6.52. The predicted molar refractivity (Wildman–Crippen MR) is 95.1 cm³/mol. The second-order valence-corrected chi connectivity index (χ2v) is 7.32. The first-order chi connectivity index (χ1) is 12.3. The molecular formula is C20H23NO5. The normalized spacial score (nSPS) is 21.8. The third kappa shape index (κ3) is 2.96. The number of hydrogen-bond donors (Lipinski definition) is 1. The van der Waals surface area contributed by atoms with E-state index in [1.54, 1.807) is 13.2 Å². The lowest BCUT2D eigenvalue weighted by Crippen LogP contribution is -2.35. The average Bonchev–Trinajstić information content (AvgIpc) is 2.58. The number of nitrogens with two attached hydrogens (primary N) is 1. The molecule has 0 radical (unpaired) electrons. The minimum Gasteiger partial charge on any atom is -0.496 e. The summed E-state index contributed by atoms with van der Waals surface area (Å²) in [6.45, 7) is 4.01. The van der Waals surface area contributed by atoms with Crippen molar-refractivity contribution in [3.05, 3.63) is 52.6 Å². The molecular weight excluding hydrogens is 334 g/mol. The number of Topliss-reactive ketones (excluding diaryl/α,β-unsaturated/α-hetero) is 1. The molecule has 0 saturated heterocycles. The molecule has 0 spiro atoms. The topological polar surface area (TPSA) is 87.9 Å². The number of carbonyl (C=O) groups is 2. The van der Waals surface area contributed by atoms with Crippen molar-refractivity contribution in [1.82, 2.24) is 0 Å². The van der Waals surface area contributed by atoms with Gasteiger partial charge in [0.15, 0.2) is 5.78 Å². The Labute approximate surface area is 152 Å². The lowest BCUT2D eigenvalue weighted by molar-refractivity contribution is -0.136. The number of ketones is 1. The highest BCUT2D eigenvalue weighted by atomic mass is 16.5. The number of rotatable bonds is 3. The van der Waals surface area contributed by atoms with Gasteiger partial charge in [0.05, 0.1) is 20.1 Å². The number of allylic oxidation sites excluding steroid dienone is 2. The van der Waals surface area contributed by atoms with Crippen LogP contribution >= 0.6 is 0 Å². The zero-order chi connectivity index (χ0) is 19.1. The molecule has 1 aromatic rings. The SMILES string of the molecule is COC(=O)C1=C(N)OC2=C(C(=O)CC(C)(C)C2)[C@@H]1c1ccccc1OC. The number of carbonyl (C=O) groups excluding carboxylic acids is 2. The Morgan fingerprint density at radius 1 is 1.23 bits per heavy atom. The summed E-state index contributed by atoms with van der Waals surface area (Å²) in [5.41, 5.74) is 7.13. The molecule has 0 aromatic heterocycles. The Hall–Kier alpha value is -2.76. The molecule has 0 bridgehead atoms.